The van der Waals surface area contributed by atoms with Crippen molar-refractivity contribution in [2.75, 3.05) is 13.6 Å². The molecule has 2 rings (SSSR count). The van der Waals surface area contributed by atoms with Gasteiger partial charge in [0, 0.05) is 32.4 Å². The van der Waals surface area contributed by atoms with Crippen molar-refractivity contribution in [3.63, 3.8) is 0 Å². The molecule has 0 radical (unpaired) electrons. The van der Waals surface area contributed by atoms with E-state index in [-0.39, 0.29) is 11.8 Å². The van der Waals surface area contributed by atoms with E-state index in [0.29, 0.717) is 12.8 Å². The zero-order chi connectivity index (χ0) is 15.4. The highest BCUT2D eigenvalue weighted by Crippen LogP contribution is 2.19. The highest BCUT2D eigenvalue weighted by molar-refractivity contribution is 7.16. The summed E-state index contributed by atoms with van der Waals surface area (Å²) in [4.78, 5) is 14.6. The van der Waals surface area contributed by atoms with Gasteiger partial charge in [-0.05, 0) is 6.42 Å². The first-order valence-corrected chi connectivity index (χ1v) is 8.29. The summed E-state index contributed by atoms with van der Waals surface area (Å²) in [5, 5.41) is 13.7. The Morgan fingerprint density at radius 1 is 1.38 bits per heavy atom. The summed E-state index contributed by atoms with van der Waals surface area (Å²) in [6.45, 7) is 7.10. The van der Waals surface area contributed by atoms with E-state index < -0.39 is 0 Å². The molecule has 2 aromatic heterocycles. The molecule has 0 aliphatic rings. The number of hydrogen-bond donors (Lipinski definition) is 0. The number of carbonyl (C=O) groups is 1. The number of aryl methyl sites for hydroxylation is 1. The summed E-state index contributed by atoms with van der Waals surface area (Å²) in [6, 6.07) is 0. The van der Waals surface area contributed by atoms with E-state index in [1.165, 1.54) is 11.3 Å². The normalized spacial score (nSPS) is 11.5. The monoisotopic (exact) mass is 309 g/mol. The molecule has 0 aliphatic heterocycles. The third-order valence-electron chi connectivity index (χ3n) is 3.40. The van der Waals surface area contributed by atoms with Gasteiger partial charge in [0.2, 0.25) is 10.9 Å². The molecule has 0 saturated heterocycles. The van der Waals surface area contributed by atoms with Crippen LogP contribution in [0.5, 0.6) is 0 Å². The Labute approximate surface area is 129 Å². The Morgan fingerprint density at radius 3 is 2.81 bits per heavy atom. The third-order valence-corrected chi connectivity index (χ3v) is 4.36. The molecular formula is C14H23N5OS. The van der Waals surface area contributed by atoms with Crippen LogP contribution in [-0.2, 0) is 11.2 Å². The topological polar surface area (TPSA) is 63.4 Å². The number of aromatic nitrogens is 4. The predicted octanol–water partition coefficient (Wildman–Crippen LogP) is 2.50. The highest BCUT2D eigenvalue weighted by Gasteiger charge is 2.15. The second-order valence-electron chi connectivity index (χ2n) is 5.57. The molecule has 0 aromatic carbocycles. The molecule has 7 heteroatoms. The van der Waals surface area contributed by atoms with Crippen LogP contribution in [0.25, 0.3) is 4.96 Å². The number of carbonyl (C=O) groups excluding carboxylic acids is 1. The summed E-state index contributed by atoms with van der Waals surface area (Å²) < 4.78 is 1.80. The summed E-state index contributed by atoms with van der Waals surface area (Å²) in [5.41, 5.74) is 0. The first-order chi connectivity index (χ1) is 10.0. The van der Waals surface area contributed by atoms with Crippen LogP contribution in [-0.4, -0.2) is 44.2 Å². The first-order valence-electron chi connectivity index (χ1n) is 7.48. The van der Waals surface area contributed by atoms with Crippen LogP contribution >= 0.6 is 11.3 Å². The molecule has 2 heterocycles. The summed E-state index contributed by atoms with van der Waals surface area (Å²) in [7, 11) is 1.87. The van der Waals surface area contributed by atoms with Gasteiger partial charge in [-0.25, -0.2) is 0 Å². The van der Waals surface area contributed by atoms with Crippen molar-refractivity contribution >= 4 is 22.2 Å². The van der Waals surface area contributed by atoms with Crippen molar-refractivity contribution < 1.29 is 4.79 Å². The van der Waals surface area contributed by atoms with Gasteiger partial charge in [0.1, 0.15) is 5.01 Å². The Bertz CT molecular complexity index is 604. The Kier molecular flexibility index (Phi) is 5.27. The van der Waals surface area contributed by atoms with Crippen LogP contribution in [0.1, 0.15) is 56.8 Å². The molecule has 6 nitrogen and oxygen atoms in total. The molecule has 0 bridgehead atoms. The molecule has 0 spiro atoms. The van der Waals surface area contributed by atoms with Crippen LogP contribution < -0.4 is 0 Å². The van der Waals surface area contributed by atoms with Crippen LogP contribution in [0.4, 0.5) is 0 Å². The Hall–Kier alpha value is -1.50. The zero-order valence-electron chi connectivity index (χ0n) is 13.2. The van der Waals surface area contributed by atoms with E-state index in [4.69, 9.17) is 0 Å². The molecule has 2 aromatic rings. The van der Waals surface area contributed by atoms with Crippen LogP contribution in [0.15, 0.2) is 0 Å². The van der Waals surface area contributed by atoms with Crippen LogP contribution in [0.2, 0.25) is 0 Å². The number of nitrogens with zero attached hydrogens (tertiary/aromatic N) is 5. The Balaban J connectivity index is 1.96. The lowest BCUT2D eigenvalue weighted by Gasteiger charge is -2.15. The zero-order valence-corrected chi connectivity index (χ0v) is 14.0. The van der Waals surface area contributed by atoms with Gasteiger partial charge in [-0.1, -0.05) is 38.5 Å². The Morgan fingerprint density at radius 2 is 2.14 bits per heavy atom. The molecular weight excluding hydrogens is 286 g/mol. The standard InChI is InChI=1S/C14H23N5OS/c1-5-6-9-18(4)12(20)8-7-11-17-19-13(10(2)3)15-16-14(19)21-11/h10H,5-9H2,1-4H3. The third kappa shape index (κ3) is 3.78. The number of rotatable bonds is 7. The van der Waals surface area contributed by atoms with Crippen molar-refractivity contribution in [1.82, 2.24) is 24.7 Å². The number of amides is 1. The van der Waals surface area contributed by atoms with E-state index in [2.05, 4.69) is 36.1 Å². The fraction of sp³-hybridized carbons (Fsp3) is 0.714. The van der Waals surface area contributed by atoms with Gasteiger partial charge in [0.05, 0.1) is 0 Å². The maximum atomic E-state index is 12.0. The lowest BCUT2D eigenvalue weighted by atomic mass is 10.2. The minimum atomic E-state index is 0.179. The number of unbranched alkanes of at least 4 members (excludes halogenated alkanes) is 1. The second-order valence-corrected chi connectivity index (χ2v) is 6.61. The lowest BCUT2D eigenvalue weighted by Crippen LogP contribution is -2.27. The van der Waals surface area contributed by atoms with E-state index >= 15 is 0 Å². The van der Waals surface area contributed by atoms with Crippen molar-refractivity contribution in [3.05, 3.63) is 10.8 Å². The molecule has 0 unspecified atom stereocenters. The van der Waals surface area contributed by atoms with Gasteiger partial charge in [-0.15, -0.1) is 10.2 Å². The molecule has 0 saturated carbocycles. The predicted molar refractivity (Wildman–Crippen MR) is 83.6 cm³/mol. The first kappa shape index (κ1) is 15.9. The van der Waals surface area contributed by atoms with E-state index in [9.17, 15) is 4.79 Å². The highest BCUT2D eigenvalue weighted by atomic mass is 32.1. The SMILES string of the molecule is CCCCN(C)C(=O)CCc1nn2c(C(C)C)nnc2s1. The van der Waals surface area contributed by atoms with Crippen molar-refractivity contribution in [2.45, 2.75) is 52.4 Å². The molecule has 116 valence electrons. The molecule has 0 aliphatic carbocycles. The average Bonchev–Trinajstić information content (AvgIpc) is 3.01. The molecule has 1 amide bonds. The quantitative estimate of drug-likeness (QED) is 0.788. The van der Waals surface area contributed by atoms with Crippen LogP contribution in [0, 0.1) is 0 Å². The fourth-order valence-corrected chi connectivity index (χ4v) is 2.90. The van der Waals surface area contributed by atoms with E-state index in [0.717, 1.165) is 35.2 Å². The van der Waals surface area contributed by atoms with Gasteiger partial charge >= 0.3 is 0 Å². The smallest absolute Gasteiger partial charge is 0.234 e. The average molecular weight is 309 g/mol. The maximum Gasteiger partial charge on any atom is 0.234 e. The summed E-state index contributed by atoms with van der Waals surface area (Å²) in [6.07, 6.45) is 3.32. The molecule has 0 atom stereocenters. The van der Waals surface area contributed by atoms with Crippen molar-refractivity contribution in [2.24, 2.45) is 0 Å². The fourth-order valence-electron chi connectivity index (χ4n) is 2.06. The van der Waals surface area contributed by atoms with E-state index in [1.807, 2.05) is 11.9 Å². The number of fused-ring (bicyclic) bond motifs is 1. The lowest BCUT2D eigenvalue weighted by molar-refractivity contribution is -0.129. The van der Waals surface area contributed by atoms with Gasteiger partial charge in [-0.3, -0.25) is 4.79 Å². The number of hydrogen-bond acceptors (Lipinski definition) is 5. The van der Waals surface area contributed by atoms with E-state index in [1.54, 1.807) is 4.52 Å². The van der Waals surface area contributed by atoms with Gasteiger partial charge < -0.3 is 4.90 Å². The summed E-state index contributed by atoms with van der Waals surface area (Å²) in [5.74, 6) is 1.34. The van der Waals surface area contributed by atoms with Gasteiger partial charge in [-0.2, -0.15) is 9.61 Å². The second kappa shape index (κ2) is 6.98. The minimum absolute atomic E-state index is 0.179. The molecule has 0 N–H and O–H groups in total. The largest absolute Gasteiger partial charge is 0.346 e. The minimum Gasteiger partial charge on any atom is -0.346 e. The van der Waals surface area contributed by atoms with Gasteiger partial charge in [0.15, 0.2) is 5.82 Å². The maximum absolute atomic E-state index is 12.0. The van der Waals surface area contributed by atoms with Crippen molar-refractivity contribution in [3.8, 4) is 0 Å². The van der Waals surface area contributed by atoms with Crippen molar-refractivity contribution in [1.29, 1.82) is 0 Å². The van der Waals surface area contributed by atoms with Crippen LogP contribution in [0.3, 0.4) is 0 Å². The molecule has 0 fully saturated rings. The summed E-state index contributed by atoms with van der Waals surface area (Å²) >= 11 is 1.51. The molecule has 21 heavy (non-hydrogen) atoms. The van der Waals surface area contributed by atoms with Gasteiger partial charge in [0.25, 0.3) is 0 Å².